The topological polar surface area (TPSA) is 12.5 Å². The number of nitrogens with zero attached hydrogens (tertiary/aromatic N) is 1. The lowest BCUT2D eigenvalue weighted by Crippen LogP contribution is -2.25. The SMILES string of the molecule is CN1c2ccccc2OC1F. The average molecular weight is 153 g/mol. The van der Waals surface area contributed by atoms with Gasteiger partial charge in [-0.15, -0.1) is 0 Å². The number of hydrogen-bond donors (Lipinski definition) is 0. The lowest BCUT2D eigenvalue weighted by atomic mass is 10.3. The quantitative estimate of drug-likeness (QED) is 0.526. The van der Waals surface area contributed by atoms with E-state index in [0.29, 0.717) is 5.75 Å². The van der Waals surface area contributed by atoms with Crippen LogP contribution in [0.3, 0.4) is 0 Å². The van der Waals surface area contributed by atoms with Gasteiger partial charge in [-0.3, -0.25) is 0 Å². The fourth-order valence-electron chi connectivity index (χ4n) is 1.14. The van der Waals surface area contributed by atoms with Gasteiger partial charge in [-0.05, 0) is 12.1 Å². The van der Waals surface area contributed by atoms with Crippen molar-refractivity contribution >= 4 is 5.69 Å². The van der Waals surface area contributed by atoms with Gasteiger partial charge in [-0.25, -0.2) is 0 Å². The number of ether oxygens (including phenoxy) is 1. The molecule has 0 fully saturated rings. The summed E-state index contributed by atoms with van der Waals surface area (Å²) in [7, 11) is 1.66. The number of halogens is 1. The van der Waals surface area contributed by atoms with Crippen LogP contribution < -0.4 is 9.64 Å². The van der Waals surface area contributed by atoms with Crippen molar-refractivity contribution in [3.8, 4) is 5.75 Å². The van der Waals surface area contributed by atoms with Crippen molar-refractivity contribution in [2.45, 2.75) is 6.48 Å². The van der Waals surface area contributed by atoms with Crippen LogP contribution in [0.15, 0.2) is 24.3 Å². The van der Waals surface area contributed by atoms with E-state index in [1.165, 1.54) is 4.90 Å². The van der Waals surface area contributed by atoms with Gasteiger partial charge in [0.15, 0.2) is 0 Å². The molecule has 0 bridgehead atoms. The van der Waals surface area contributed by atoms with Crippen LogP contribution in [0.25, 0.3) is 0 Å². The van der Waals surface area contributed by atoms with Crippen molar-refractivity contribution in [3.63, 3.8) is 0 Å². The minimum Gasteiger partial charge on any atom is -0.441 e. The predicted octanol–water partition coefficient (Wildman–Crippen LogP) is 1.77. The van der Waals surface area contributed by atoms with E-state index in [1.54, 1.807) is 13.1 Å². The second-order valence-electron chi connectivity index (χ2n) is 2.49. The van der Waals surface area contributed by atoms with E-state index >= 15 is 0 Å². The van der Waals surface area contributed by atoms with Crippen molar-refractivity contribution < 1.29 is 9.13 Å². The van der Waals surface area contributed by atoms with Crippen LogP contribution >= 0.6 is 0 Å². The summed E-state index contributed by atoms with van der Waals surface area (Å²) in [6, 6.07) is 7.27. The van der Waals surface area contributed by atoms with Gasteiger partial charge in [-0.1, -0.05) is 12.1 Å². The van der Waals surface area contributed by atoms with Crippen LogP contribution in [0, 0.1) is 0 Å². The summed E-state index contributed by atoms with van der Waals surface area (Å²) >= 11 is 0. The Hall–Kier alpha value is -1.25. The average Bonchev–Trinajstić information content (AvgIpc) is 2.30. The maximum Gasteiger partial charge on any atom is 0.321 e. The Labute approximate surface area is 64.2 Å². The molecule has 0 radical (unpaired) electrons. The lowest BCUT2D eigenvalue weighted by Gasteiger charge is -2.10. The Bertz CT molecular complexity index is 277. The van der Waals surface area contributed by atoms with E-state index in [-0.39, 0.29) is 0 Å². The number of fused-ring (bicyclic) bond motifs is 1. The van der Waals surface area contributed by atoms with E-state index in [9.17, 15) is 4.39 Å². The Morgan fingerprint density at radius 2 is 2.18 bits per heavy atom. The molecule has 3 heteroatoms. The lowest BCUT2D eigenvalue weighted by molar-refractivity contribution is 0.0891. The molecule has 2 nitrogen and oxygen atoms in total. The summed E-state index contributed by atoms with van der Waals surface area (Å²) in [6.07, 6.45) is 0. The largest absolute Gasteiger partial charge is 0.441 e. The first-order valence-corrected chi connectivity index (χ1v) is 3.41. The van der Waals surface area contributed by atoms with Gasteiger partial charge in [0.1, 0.15) is 5.75 Å². The van der Waals surface area contributed by atoms with E-state index < -0.39 is 6.48 Å². The van der Waals surface area contributed by atoms with E-state index in [1.807, 2.05) is 18.2 Å². The second kappa shape index (κ2) is 2.12. The molecule has 0 aromatic heterocycles. The molecular weight excluding hydrogens is 145 g/mol. The zero-order valence-electron chi connectivity index (χ0n) is 6.12. The van der Waals surface area contributed by atoms with Crippen molar-refractivity contribution in [1.82, 2.24) is 0 Å². The first-order valence-electron chi connectivity index (χ1n) is 3.41. The standard InChI is InChI=1S/C8H8FNO/c1-10-6-4-2-3-5-7(6)11-8(10)9/h2-5,8H,1H3. The molecule has 0 saturated heterocycles. The molecule has 0 aliphatic carbocycles. The van der Waals surface area contributed by atoms with Crippen LogP contribution in [-0.4, -0.2) is 13.5 Å². The number of hydrogen-bond acceptors (Lipinski definition) is 2. The maximum absolute atomic E-state index is 12.8. The van der Waals surface area contributed by atoms with Gasteiger partial charge in [0.25, 0.3) is 0 Å². The van der Waals surface area contributed by atoms with Crippen molar-refractivity contribution in [2.75, 3.05) is 11.9 Å². The summed E-state index contributed by atoms with van der Waals surface area (Å²) in [5.74, 6) is 0.613. The third-order valence-electron chi connectivity index (χ3n) is 1.77. The molecule has 1 aromatic carbocycles. The highest BCUT2D eigenvalue weighted by Gasteiger charge is 2.26. The molecule has 1 atom stereocenters. The third kappa shape index (κ3) is 0.843. The zero-order valence-corrected chi connectivity index (χ0v) is 6.12. The Balaban J connectivity index is 2.47. The van der Waals surface area contributed by atoms with Crippen LogP contribution in [0.2, 0.25) is 0 Å². The van der Waals surface area contributed by atoms with Gasteiger partial charge in [0.05, 0.1) is 5.69 Å². The first kappa shape index (κ1) is 6.46. The molecule has 11 heavy (non-hydrogen) atoms. The van der Waals surface area contributed by atoms with Crippen LogP contribution in [0.5, 0.6) is 5.75 Å². The Morgan fingerprint density at radius 1 is 1.45 bits per heavy atom. The number of alkyl halides is 1. The summed E-state index contributed by atoms with van der Waals surface area (Å²) in [4.78, 5) is 1.45. The summed E-state index contributed by atoms with van der Waals surface area (Å²) in [6.45, 7) is -1.33. The van der Waals surface area contributed by atoms with Gasteiger partial charge in [-0.2, -0.15) is 4.39 Å². The molecule has 0 spiro atoms. The van der Waals surface area contributed by atoms with Crippen molar-refractivity contribution in [3.05, 3.63) is 24.3 Å². The molecule has 1 heterocycles. The Kier molecular flexibility index (Phi) is 1.24. The van der Waals surface area contributed by atoms with Crippen molar-refractivity contribution in [1.29, 1.82) is 0 Å². The minimum atomic E-state index is -1.33. The van der Waals surface area contributed by atoms with Gasteiger partial charge >= 0.3 is 6.48 Å². The second-order valence-corrected chi connectivity index (χ2v) is 2.49. The summed E-state index contributed by atoms with van der Waals surface area (Å²) < 4.78 is 17.7. The molecule has 0 amide bonds. The molecule has 1 aromatic rings. The molecule has 2 rings (SSSR count). The highest BCUT2D eigenvalue weighted by atomic mass is 19.1. The summed E-state index contributed by atoms with van der Waals surface area (Å²) in [5, 5.41) is 0. The number of benzene rings is 1. The molecule has 0 saturated carbocycles. The van der Waals surface area contributed by atoms with Gasteiger partial charge < -0.3 is 9.64 Å². The van der Waals surface area contributed by atoms with Gasteiger partial charge in [0, 0.05) is 7.05 Å². The van der Waals surface area contributed by atoms with Crippen molar-refractivity contribution in [2.24, 2.45) is 0 Å². The fraction of sp³-hybridized carbons (Fsp3) is 0.250. The van der Waals surface area contributed by atoms with E-state index in [0.717, 1.165) is 5.69 Å². The smallest absolute Gasteiger partial charge is 0.321 e. The summed E-state index contributed by atoms with van der Waals surface area (Å²) in [5.41, 5.74) is 0.806. The van der Waals surface area contributed by atoms with E-state index in [4.69, 9.17) is 4.74 Å². The number of rotatable bonds is 0. The Morgan fingerprint density at radius 3 is 2.91 bits per heavy atom. The normalized spacial score (nSPS) is 21.3. The predicted molar refractivity (Wildman–Crippen MR) is 40.4 cm³/mol. The number of anilines is 1. The maximum atomic E-state index is 12.8. The monoisotopic (exact) mass is 153 g/mol. The molecule has 1 unspecified atom stereocenters. The third-order valence-corrected chi connectivity index (χ3v) is 1.77. The molecule has 1 aliphatic heterocycles. The van der Waals surface area contributed by atoms with E-state index in [2.05, 4.69) is 0 Å². The van der Waals surface area contributed by atoms with Crippen LogP contribution in [0.4, 0.5) is 10.1 Å². The highest BCUT2D eigenvalue weighted by molar-refractivity contribution is 5.60. The van der Waals surface area contributed by atoms with Gasteiger partial charge in [0.2, 0.25) is 0 Å². The minimum absolute atomic E-state index is 0.613. The fourth-order valence-corrected chi connectivity index (χ4v) is 1.14. The zero-order chi connectivity index (χ0) is 7.84. The molecule has 58 valence electrons. The molecular formula is C8H8FNO. The number of para-hydroxylation sites is 2. The first-order chi connectivity index (χ1) is 5.29. The van der Waals surface area contributed by atoms with Crippen LogP contribution in [-0.2, 0) is 0 Å². The molecule has 0 N–H and O–H groups in total. The highest BCUT2D eigenvalue weighted by Crippen LogP contribution is 2.35. The van der Waals surface area contributed by atoms with Crippen LogP contribution in [0.1, 0.15) is 0 Å². The molecule has 1 aliphatic rings.